The normalized spacial score (nSPS) is 18.9. The van der Waals surface area contributed by atoms with Gasteiger partial charge >= 0.3 is 6.18 Å². The summed E-state index contributed by atoms with van der Waals surface area (Å²) in [6, 6.07) is 8.05. The molecule has 1 heterocycles. The maximum absolute atomic E-state index is 12.9. The van der Waals surface area contributed by atoms with Crippen LogP contribution < -0.4 is 5.32 Å². The van der Waals surface area contributed by atoms with Gasteiger partial charge in [-0.15, -0.1) is 0 Å². The predicted molar refractivity (Wildman–Crippen MR) is 97.0 cm³/mol. The molecule has 0 spiro atoms. The van der Waals surface area contributed by atoms with E-state index in [9.17, 15) is 18.0 Å². The van der Waals surface area contributed by atoms with Crippen molar-refractivity contribution in [2.45, 2.75) is 19.0 Å². The molecule has 0 bridgehead atoms. The van der Waals surface area contributed by atoms with E-state index in [1.807, 2.05) is 25.1 Å². The molecule has 7 heteroatoms. The van der Waals surface area contributed by atoms with Crippen LogP contribution in [0.2, 0.25) is 0 Å². The minimum atomic E-state index is -4.51. The second-order valence-corrected chi connectivity index (χ2v) is 6.52. The van der Waals surface area contributed by atoms with E-state index in [-0.39, 0.29) is 17.4 Å². The fourth-order valence-electron chi connectivity index (χ4n) is 3.00. The first kappa shape index (κ1) is 19.4. The van der Waals surface area contributed by atoms with Crippen molar-refractivity contribution >= 4 is 5.91 Å². The average Bonchev–Trinajstić information content (AvgIpc) is 2.69. The van der Waals surface area contributed by atoms with Crippen molar-refractivity contribution in [1.29, 1.82) is 5.26 Å². The van der Waals surface area contributed by atoms with Crippen molar-refractivity contribution in [2.24, 2.45) is 5.92 Å². The van der Waals surface area contributed by atoms with Crippen LogP contribution in [0, 0.1) is 17.2 Å². The minimum Gasteiger partial charge on any atom is -0.322 e. The van der Waals surface area contributed by atoms with Crippen LogP contribution in [0.3, 0.4) is 0 Å². The Morgan fingerprint density at radius 1 is 1.25 bits per heavy atom. The van der Waals surface area contributed by atoms with Gasteiger partial charge in [0, 0.05) is 29.6 Å². The van der Waals surface area contributed by atoms with Gasteiger partial charge in [0.25, 0.3) is 5.91 Å². The molecule has 0 aliphatic heterocycles. The third-order valence-electron chi connectivity index (χ3n) is 4.49. The van der Waals surface area contributed by atoms with E-state index in [1.165, 1.54) is 18.3 Å². The van der Waals surface area contributed by atoms with E-state index in [4.69, 9.17) is 5.26 Å². The lowest BCUT2D eigenvalue weighted by Gasteiger charge is -2.23. The zero-order valence-corrected chi connectivity index (χ0v) is 14.9. The quantitative estimate of drug-likeness (QED) is 0.844. The third-order valence-corrected chi connectivity index (χ3v) is 4.49. The van der Waals surface area contributed by atoms with Gasteiger partial charge in [0.2, 0.25) is 0 Å². The SMILES string of the molecule is CC1C=CC(NC(=O)c2cccc(C(F)(F)F)c2)=CC1c1cncc(C#N)c1. The minimum absolute atomic E-state index is 0.0764. The zero-order valence-electron chi connectivity index (χ0n) is 14.9. The molecule has 3 rings (SSSR count). The fourth-order valence-corrected chi connectivity index (χ4v) is 3.00. The average molecular weight is 383 g/mol. The number of nitrogens with one attached hydrogen (secondary N) is 1. The van der Waals surface area contributed by atoms with Gasteiger partial charge in [0.15, 0.2) is 0 Å². The number of benzene rings is 1. The summed E-state index contributed by atoms with van der Waals surface area (Å²) in [5.41, 5.74) is 0.781. The predicted octanol–water partition coefficient (Wildman–Crippen LogP) is 4.58. The number of hydrogen-bond acceptors (Lipinski definition) is 3. The molecular formula is C21H16F3N3O. The second-order valence-electron chi connectivity index (χ2n) is 6.52. The summed E-state index contributed by atoms with van der Waals surface area (Å²) in [7, 11) is 0. The van der Waals surface area contributed by atoms with Gasteiger partial charge < -0.3 is 5.32 Å². The van der Waals surface area contributed by atoms with Crippen LogP contribution in [-0.4, -0.2) is 10.9 Å². The summed E-state index contributed by atoms with van der Waals surface area (Å²) in [6.45, 7) is 1.99. The maximum atomic E-state index is 12.9. The topological polar surface area (TPSA) is 65.8 Å². The summed E-state index contributed by atoms with van der Waals surface area (Å²) in [4.78, 5) is 16.5. The van der Waals surface area contributed by atoms with Crippen molar-refractivity contribution in [3.63, 3.8) is 0 Å². The highest BCUT2D eigenvalue weighted by molar-refractivity contribution is 5.95. The number of alkyl halides is 3. The molecule has 0 saturated heterocycles. The van der Waals surface area contributed by atoms with E-state index in [2.05, 4.69) is 10.3 Å². The van der Waals surface area contributed by atoms with Gasteiger partial charge in [0.1, 0.15) is 6.07 Å². The van der Waals surface area contributed by atoms with Crippen molar-refractivity contribution in [1.82, 2.24) is 10.3 Å². The number of amides is 1. The number of carbonyl (C=O) groups is 1. The molecule has 0 saturated carbocycles. The number of aromatic nitrogens is 1. The van der Waals surface area contributed by atoms with E-state index in [0.717, 1.165) is 17.7 Å². The maximum Gasteiger partial charge on any atom is 0.416 e. The Labute approximate surface area is 160 Å². The highest BCUT2D eigenvalue weighted by Crippen LogP contribution is 2.32. The van der Waals surface area contributed by atoms with Gasteiger partial charge in [-0.05, 0) is 41.8 Å². The summed E-state index contributed by atoms with van der Waals surface area (Å²) >= 11 is 0. The fraction of sp³-hybridized carbons (Fsp3) is 0.190. The molecule has 2 atom stereocenters. The third kappa shape index (κ3) is 4.29. The first-order chi connectivity index (χ1) is 13.3. The Bertz CT molecular complexity index is 1000. The van der Waals surface area contributed by atoms with Gasteiger partial charge in [-0.25, -0.2) is 0 Å². The Kier molecular flexibility index (Phi) is 5.32. The molecule has 1 N–H and O–H groups in total. The number of hydrogen-bond donors (Lipinski definition) is 1. The monoisotopic (exact) mass is 383 g/mol. The molecular weight excluding hydrogens is 367 g/mol. The molecule has 142 valence electrons. The lowest BCUT2D eigenvalue weighted by molar-refractivity contribution is -0.137. The molecule has 2 aromatic rings. The number of carbonyl (C=O) groups excluding carboxylic acids is 1. The molecule has 1 aromatic heterocycles. The molecule has 4 nitrogen and oxygen atoms in total. The van der Waals surface area contributed by atoms with Crippen LogP contribution in [-0.2, 0) is 6.18 Å². The Balaban J connectivity index is 1.83. The second kappa shape index (κ2) is 7.69. The van der Waals surface area contributed by atoms with Crippen LogP contribution in [0.1, 0.15) is 39.9 Å². The molecule has 2 unspecified atom stereocenters. The number of nitriles is 1. The molecule has 0 radical (unpaired) electrons. The molecule has 1 aliphatic carbocycles. The molecule has 0 fully saturated rings. The molecule has 28 heavy (non-hydrogen) atoms. The van der Waals surface area contributed by atoms with Crippen LogP contribution in [0.5, 0.6) is 0 Å². The van der Waals surface area contributed by atoms with Crippen molar-refractivity contribution in [3.8, 4) is 6.07 Å². The summed E-state index contributed by atoms with van der Waals surface area (Å²) in [5.74, 6) is -0.647. The van der Waals surface area contributed by atoms with E-state index in [1.54, 1.807) is 18.3 Å². The highest BCUT2D eigenvalue weighted by atomic mass is 19.4. The van der Waals surface area contributed by atoms with Crippen LogP contribution in [0.15, 0.2) is 66.7 Å². The van der Waals surface area contributed by atoms with Crippen molar-refractivity contribution in [3.05, 3.63) is 88.9 Å². The van der Waals surface area contributed by atoms with Crippen LogP contribution in [0.4, 0.5) is 13.2 Å². The van der Waals surface area contributed by atoms with Crippen molar-refractivity contribution < 1.29 is 18.0 Å². The smallest absolute Gasteiger partial charge is 0.322 e. The lowest BCUT2D eigenvalue weighted by Crippen LogP contribution is -2.25. The lowest BCUT2D eigenvalue weighted by atomic mass is 9.83. The van der Waals surface area contributed by atoms with Gasteiger partial charge in [-0.1, -0.05) is 25.1 Å². The van der Waals surface area contributed by atoms with Crippen molar-refractivity contribution in [2.75, 3.05) is 0 Å². The molecule has 1 amide bonds. The number of rotatable bonds is 3. The van der Waals surface area contributed by atoms with Gasteiger partial charge in [-0.3, -0.25) is 9.78 Å². The Morgan fingerprint density at radius 2 is 2.04 bits per heavy atom. The number of pyridine rings is 1. The summed E-state index contributed by atoms with van der Waals surface area (Å²) in [5, 5.41) is 11.7. The molecule has 1 aliphatic rings. The van der Waals surface area contributed by atoms with E-state index in [0.29, 0.717) is 11.3 Å². The van der Waals surface area contributed by atoms with E-state index >= 15 is 0 Å². The summed E-state index contributed by atoms with van der Waals surface area (Å²) in [6.07, 6.45) is 4.03. The first-order valence-electron chi connectivity index (χ1n) is 8.51. The first-order valence-corrected chi connectivity index (χ1v) is 8.51. The number of nitrogens with zero attached hydrogens (tertiary/aromatic N) is 2. The van der Waals surface area contributed by atoms with Crippen LogP contribution in [0.25, 0.3) is 0 Å². The Hall–Kier alpha value is -3.40. The largest absolute Gasteiger partial charge is 0.416 e. The number of allylic oxidation sites excluding steroid dienone is 3. The van der Waals surface area contributed by atoms with Crippen LogP contribution >= 0.6 is 0 Å². The highest BCUT2D eigenvalue weighted by Gasteiger charge is 2.31. The standard InChI is InChI=1S/C21H16F3N3O/c1-13-5-6-18(9-19(13)16-7-14(10-25)11-26-12-16)27-20(28)15-3-2-4-17(8-15)21(22,23)24/h2-9,11-13,19H,1H3,(H,27,28). The van der Waals surface area contributed by atoms with E-state index < -0.39 is 17.6 Å². The number of halogens is 3. The zero-order chi connectivity index (χ0) is 20.3. The van der Waals surface area contributed by atoms with Gasteiger partial charge in [-0.2, -0.15) is 18.4 Å². The summed E-state index contributed by atoms with van der Waals surface area (Å²) < 4.78 is 38.6. The van der Waals surface area contributed by atoms with Gasteiger partial charge in [0.05, 0.1) is 11.1 Å². The molecule has 1 aromatic carbocycles. The Morgan fingerprint density at radius 3 is 2.75 bits per heavy atom.